The molecule has 0 saturated carbocycles. The minimum absolute atomic E-state index is 0.206. The molecule has 0 radical (unpaired) electrons. The number of rotatable bonds is 3. The highest BCUT2D eigenvalue weighted by Gasteiger charge is 2.05. The van der Waals surface area contributed by atoms with Crippen LogP contribution in [0.5, 0.6) is 0 Å². The van der Waals surface area contributed by atoms with Gasteiger partial charge in [0.25, 0.3) is 0 Å². The quantitative estimate of drug-likeness (QED) is 0.766. The molecule has 0 saturated heterocycles. The van der Waals surface area contributed by atoms with Crippen molar-refractivity contribution in [1.82, 2.24) is 4.57 Å². The second-order valence-corrected chi connectivity index (χ2v) is 3.46. The highest BCUT2D eigenvalue weighted by Crippen LogP contribution is 2.19. The summed E-state index contributed by atoms with van der Waals surface area (Å²) in [6.45, 7) is 0.704. The number of hydrogen-bond acceptors (Lipinski definition) is 2. The third kappa shape index (κ3) is 1.71. The molecule has 0 bridgehead atoms. The van der Waals surface area contributed by atoms with Crippen molar-refractivity contribution in [2.45, 2.75) is 13.1 Å². The lowest BCUT2D eigenvalue weighted by atomic mass is 10.1. The Morgan fingerprint density at radius 1 is 1.33 bits per heavy atom. The zero-order valence-electron chi connectivity index (χ0n) is 8.31. The third-order valence-electron chi connectivity index (χ3n) is 2.45. The predicted molar refractivity (Wildman–Crippen MR) is 59.0 cm³/mol. The van der Waals surface area contributed by atoms with Crippen LogP contribution < -0.4 is 11.5 Å². The lowest BCUT2D eigenvalue weighted by molar-refractivity contribution is -0.118. The average Bonchev–Trinajstić information content (AvgIpc) is 2.61. The van der Waals surface area contributed by atoms with Crippen molar-refractivity contribution in [1.29, 1.82) is 0 Å². The van der Waals surface area contributed by atoms with Crippen molar-refractivity contribution in [2.75, 3.05) is 0 Å². The summed E-state index contributed by atoms with van der Waals surface area (Å²) in [7, 11) is 0. The Morgan fingerprint density at radius 2 is 2.13 bits per heavy atom. The molecule has 0 spiro atoms. The topological polar surface area (TPSA) is 74.0 Å². The maximum atomic E-state index is 10.8. The molecule has 0 fully saturated rings. The Bertz CT molecular complexity index is 502. The van der Waals surface area contributed by atoms with Gasteiger partial charge in [0.1, 0.15) is 6.54 Å². The molecule has 4 N–H and O–H groups in total. The largest absolute Gasteiger partial charge is 0.368 e. The molecule has 1 heterocycles. The number of primary amides is 1. The zero-order valence-corrected chi connectivity index (χ0v) is 8.31. The van der Waals surface area contributed by atoms with E-state index in [9.17, 15) is 4.79 Å². The number of hydrogen-bond donors (Lipinski definition) is 2. The van der Waals surface area contributed by atoms with Gasteiger partial charge in [0.05, 0.1) is 0 Å². The van der Waals surface area contributed by atoms with E-state index in [2.05, 4.69) is 0 Å². The Hall–Kier alpha value is -1.81. The molecule has 0 atom stereocenters. The van der Waals surface area contributed by atoms with Gasteiger partial charge in [-0.05, 0) is 17.7 Å². The van der Waals surface area contributed by atoms with E-state index >= 15 is 0 Å². The molecule has 15 heavy (non-hydrogen) atoms. The van der Waals surface area contributed by atoms with E-state index in [0.717, 1.165) is 16.5 Å². The lowest BCUT2D eigenvalue weighted by Gasteiger charge is -2.03. The Kier molecular flexibility index (Phi) is 2.43. The monoisotopic (exact) mass is 203 g/mol. The molecule has 0 aliphatic heterocycles. The SMILES string of the molecule is NCc1cccc2c1ccn2CC(N)=O. The van der Waals surface area contributed by atoms with Crippen molar-refractivity contribution >= 4 is 16.8 Å². The fourth-order valence-electron chi connectivity index (χ4n) is 1.77. The molecule has 4 heteroatoms. The summed E-state index contributed by atoms with van der Waals surface area (Å²) in [6.07, 6.45) is 1.86. The zero-order chi connectivity index (χ0) is 10.8. The van der Waals surface area contributed by atoms with Crippen LogP contribution in [0.1, 0.15) is 5.56 Å². The summed E-state index contributed by atoms with van der Waals surface area (Å²) in [5, 5.41) is 1.08. The first-order valence-corrected chi connectivity index (χ1v) is 4.77. The molecule has 0 aliphatic carbocycles. The molecular weight excluding hydrogens is 190 g/mol. The number of fused-ring (bicyclic) bond motifs is 1. The first kappa shape index (κ1) is 9.73. The van der Waals surface area contributed by atoms with Crippen molar-refractivity contribution in [3.05, 3.63) is 36.0 Å². The standard InChI is InChI=1S/C11H13N3O/c12-6-8-2-1-3-10-9(8)4-5-14(10)7-11(13)15/h1-5H,6-7,12H2,(H2,13,15). The summed E-state index contributed by atoms with van der Waals surface area (Å²) in [5.41, 5.74) is 12.9. The van der Waals surface area contributed by atoms with Crippen LogP contribution in [0.3, 0.4) is 0 Å². The number of carbonyl (C=O) groups excluding carboxylic acids is 1. The van der Waals surface area contributed by atoms with E-state index in [-0.39, 0.29) is 12.5 Å². The Balaban J connectivity index is 2.55. The van der Waals surface area contributed by atoms with Crippen LogP contribution in [0.15, 0.2) is 30.5 Å². The number of nitrogens with two attached hydrogens (primary N) is 2. The molecule has 1 aromatic heterocycles. The highest BCUT2D eigenvalue weighted by atomic mass is 16.1. The highest BCUT2D eigenvalue weighted by molar-refractivity contribution is 5.85. The molecule has 1 aromatic carbocycles. The molecule has 78 valence electrons. The van der Waals surface area contributed by atoms with Gasteiger partial charge in [-0.2, -0.15) is 0 Å². The Morgan fingerprint density at radius 3 is 2.80 bits per heavy atom. The van der Waals surface area contributed by atoms with Gasteiger partial charge in [-0.25, -0.2) is 0 Å². The van der Waals surface area contributed by atoms with E-state index in [0.29, 0.717) is 6.54 Å². The summed E-state index contributed by atoms with van der Waals surface area (Å²) in [5.74, 6) is -0.342. The van der Waals surface area contributed by atoms with Gasteiger partial charge in [0.15, 0.2) is 0 Å². The normalized spacial score (nSPS) is 10.7. The second kappa shape index (κ2) is 3.74. The number of carbonyl (C=O) groups is 1. The molecule has 2 rings (SSSR count). The predicted octanol–water partition coefficient (Wildman–Crippen LogP) is 0.585. The van der Waals surface area contributed by atoms with Gasteiger partial charge in [-0.15, -0.1) is 0 Å². The van der Waals surface area contributed by atoms with Crippen LogP contribution in [0.25, 0.3) is 10.9 Å². The first-order chi connectivity index (χ1) is 7.22. The van der Waals surface area contributed by atoms with Crippen LogP contribution in [0, 0.1) is 0 Å². The first-order valence-electron chi connectivity index (χ1n) is 4.77. The molecule has 2 aromatic rings. The van der Waals surface area contributed by atoms with Gasteiger partial charge >= 0.3 is 0 Å². The number of aromatic nitrogens is 1. The van der Waals surface area contributed by atoms with Gasteiger partial charge in [0.2, 0.25) is 5.91 Å². The van der Waals surface area contributed by atoms with Gasteiger partial charge in [0, 0.05) is 23.6 Å². The number of amides is 1. The van der Waals surface area contributed by atoms with Crippen molar-refractivity contribution in [3.63, 3.8) is 0 Å². The molecule has 1 amide bonds. The third-order valence-corrected chi connectivity index (χ3v) is 2.45. The smallest absolute Gasteiger partial charge is 0.237 e. The molecule has 4 nitrogen and oxygen atoms in total. The van der Waals surface area contributed by atoms with Crippen LogP contribution >= 0.6 is 0 Å². The van der Waals surface area contributed by atoms with E-state index < -0.39 is 0 Å². The molecular formula is C11H13N3O. The summed E-state index contributed by atoms with van der Waals surface area (Å²) < 4.78 is 1.83. The van der Waals surface area contributed by atoms with Crippen LogP contribution in [-0.2, 0) is 17.9 Å². The van der Waals surface area contributed by atoms with Gasteiger partial charge < -0.3 is 16.0 Å². The summed E-state index contributed by atoms with van der Waals surface area (Å²) >= 11 is 0. The van der Waals surface area contributed by atoms with E-state index in [1.165, 1.54) is 0 Å². The fourth-order valence-corrected chi connectivity index (χ4v) is 1.77. The van der Waals surface area contributed by atoms with Crippen molar-refractivity contribution < 1.29 is 4.79 Å². The Labute approximate surface area is 87.5 Å². The number of benzene rings is 1. The molecule has 0 aliphatic rings. The van der Waals surface area contributed by atoms with Crippen LogP contribution in [0.2, 0.25) is 0 Å². The van der Waals surface area contributed by atoms with Crippen molar-refractivity contribution in [2.24, 2.45) is 11.5 Å². The van der Waals surface area contributed by atoms with Crippen molar-refractivity contribution in [3.8, 4) is 0 Å². The minimum Gasteiger partial charge on any atom is -0.368 e. The maximum Gasteiger partial charge on any atom is 0.237 e. The summed E-state index contributed by atoms with van der Waals surface area (Å²) in [6, 6.07) is 7.83. The van der Waals surface area contributed by atoms with Gasteiger partial charge in [-0.3, -0.25) is 4.79 Å². The minimum atomic E-state index is -0.342. The summed E-state index contributed by atoms with van der Waals surface area (Å²) in [4.78, 5) is 10.8. The fraction of sp³-hybridized carbons (Fsp3) is 0.182. The van der Waals surface area contributed by atoms with E-state index in [1.807, 2.05) is 35.0 Å². The van der Waals surface area contributed by atoms with E-state index in [4.69, 9.17) is 11.5 Å². The van der Waals surface area contributed by atoms with E-state index in [1.54, 1.807) is 0 Å². The van der Waals surface area contributed by atoms with Gasteiger partial charge in [-0.1, -0.05) is 12.1 Å². The van der Waals surface area contributed by atoms with Crippen LogP contribution in [0.4, 0.5) is 0 Å². The maximum absolute atomic E-state index is 10.8. The average molecular weight is 203 g/mol. The lowest BCUT2D eigenvalue weighted by Crippen LogP contribution is -2.17. The van der Waals surface area contributed by atoms with Crippen LogP contribution in [-0.4, -0.2) is 10.5 Å². The second-order valence-electron chi connectivity index (χ2n) is 3.46. The number of nitrogens with zero attached hydrogens (tertiary/aromatic N) is 1. The molecule has 0 unspecified atom stereocenters.